The molecule has 4 nitrogen and oxygen atoms in total. The third-order valence-corrected chi connectivity index (χ3v) is 3.79. The van der Waals surface area contributed by atoms with E-state index in [1.807, 2.05) is 11.8 Å². The molecular formula is C14H22ClN3OS. The number of rotatable bonds is 8. The molecule has 20 heavy (non-hydrogen) atoms. The van der Waals surface area contributed by atoms with Crippen LogP contribution in [-0.2, 0) is 4.79 Å². The zero-order chi connectivity index (χ0) is 15.0. The number of halogens is 1. The third kappa shape index (κ3) is 6.50. The molecule has 0 heterocycles. The molecule has 1 rings (SSSR count). The molecule has 6 heteroatoms. The van der Waals surface area contributed by atoms with Gasteiger partial charge in [-0.15, -0.1) is 0 Å². The number of nitrogen functional groups attached to an aromatic ring is 1. The predicted octanol–water partition coefficient (Wildman–Crippen LogP) is 2.94. The number of benzene rings is 1. The van der Waals surface area contributed by atoms with Crippen LogP contribution in [0, 0.1) is 0 Å². The van der Waals surface area contributed by atoms with Crippen LogP contribution in [0.25, 0.3) is 0 Å². The number of nitrogens with two attached hydrogens (primary N) is 1. The third-order valence-electron chi connectivity index (χ3n) is 2.89. The molecule has 0 atom stereocenters. The van der Waals surface area contributed by atoms with Gasteiger partial charge in [0.05, 0.1) is 10.7 Å². The van der Waals surface area contributed by atoms with Gasteiger partial charge in [-0.3, -0.25) is 4.79 Å². The van der Waals surface area contributed by atoms with Crippen molar-refractivity contribution in [3.8, 4) is 0 Å². The van der Waals surface area contributed by atoms with Crippen LogP contribution in [0.3, 0.4) is 0 Å². The number of hydrogen-bond donors (Lipinski definition) is 2. The van der Waals surface area contributed by atoms with Crippen molar-refractivity contribution in [2.45, 2.75) is 12.8 Å². The van der Waals surface area contributed by atoms with Crippen LogP contribution in [0.2, 0.25) is 5.02 Å². The highest BCUT2D eigenvalue weighted by atomic mass is 35.5. The Morgan fingerprint density at radius 1 is 1.45 bits per heavy atom. The number of anilines is 2. The molecule has 0 radical (unpaired) electrons. The fourth-order valence-corrected chi connectivity index (χ4v) is 2.44. The summed E-state index contributed by atoms with van der Waals surface area (Å²) in [6.07, 6.45) is 3.42. The predicted molar refractivity (Wildman–Crippen MR) is 89.6 cm³/mol. The molecule has 0 aromatic heterocycles. The Labute approximate surface area is 130 Å². The molecule has 1 amide bonds. The molecule has 0 aliphatic heterocycles. The quantitative estimate of drug-likeness (QED) is 0.724. The van der Waals surface area contributed by atoms with Crippen molar-refractivity contribution >= 4 is 40.6 Å². The second-order valence-corrected chi connectivity index (χ2v) is 6.08. The molecular weight excluding hydrogens is 294 g/mol. The number of nitrogens with one attached hydrogen (secondary N) is 1. The Kier molecular flexibility index (Phi) is 7.80. The number of hydrogen-bond acceptors (Lipinski definition) is 4. The van der Waals surface area contributed by atoms with Crippen molar-refractivity contribution in [2.24, 2.45) is 0 Å². The second kappa shape index (κ2) is 9.10. The zero-order valence-corrected chi connectivity index (χ0v) is 13.6. The van der Waals surface area contributed by atoms with Crippen LogP contribution in [0.5, 0.6) is 0 Å². The van der Waals surface area contributed by atoms with Gasteiger partial charge in [-0.25, -0.2) is 0 Å². The first kappa shape index (κ1) is 17.1. The lowest BCUT2D eigenvalue weighted by atomic mass is 10.2. The summed E-state index contributed by atoms with van der Waals surface area (Å²) in [5.41, 5.74) is 6.81. The molecule has 0 fully saturated rings. The van der Waals surface area contributed by atoms with Crippen LogP contribution < -0.4 is 11.1 Å². The SMILES string of the molecule is CSCCN(C)CCCC(=O)Nc1ccc(N)cc1Cl. The van der Waals surface area contributed by atoms with E-state index in [0.717, 1.165) is 25.3 Å². The van der Waals surface area contributed by atoms with E-state index in [4.69, 9.17) is 17.3 Å². The second-order valence-electron chi connectivity index (χ2n) is 4.69. The molecule has 0 aliphatic carbocycles. The Morgan fingerprint density at radius 2 is 2.20 bits per heavy atom. The minimum absolute atomic E-state index is 0.0186. The normalized spacial score (nSPS) is 10.8. The molecule has 0 saturated carbocycles. The lowest BCUT2D eigenvalue weighted by molar-refractivity contribution is -0.116. The molecule has 0 spiro atoms. The van der Waals surface area contributed by atoms with Gasteiger partial charge < -0.3 is 16.0 Å². The van der Waals surface area contributed by atoms with Crippen molar-refractivity contribution in [1.29, 1.82) is 0 Å². The molecule has 3 N–H and O–H groups in total. The Morgan fingerprint density at radius 3 is 2.85 bits per heavy atom. The maximum absolute atomic E-state index is 11.8. The summed E-state index contributed by atoms with van der Waals surface area (Å²) in [6.45, 7) is 1.97. The number of carbonyl (C=O) groups excluding carboxylic acids is 1. The fourth-order valence-electron chi connectivity index (χ4n) is 1.71. The summed E-state index contributed by atoms with van der Waals surface area (Å²) in [5, 5.41) is 3.27. The summed E-state index contributed by atoms with van der Waals surface area (Å²) >= 11 is 7.84. The van der Waals surface area contributed by atoms with E-state index in [9.17, 15) is 4.79 Å². The summed E-state index contributed by atoms with van der Waals surface area (Å²) < 4.78 is 0. The molecule has 1 aromatic rings. The van der Waals surface area contributed by atoms with Gasteiger partial charge >= 0.3 is 0 Å². The van der Waals surface area contributed by atoms with Gasteiger partial charge in [-0.1, -0.05) is 11.6 Å². The minimum atomic E-state index is -0.0186. The van der Waals surface area contributed by atoms with E-state index < -0.39 is 0 Å². The molecule has 0 bridgehead atoms. The van der Waals surface area contributed by atoms with E-state index in [1.54, 1.807) is 18.2 Å². The molecule has 0 saturated heterocycles. The van der Waals surface area contributed by atoms with Crippen LogP contribution in [0.15, 0.2) is 18.2 Å². The van der Waals surface area contributed by atoms with Crippen molar-refractivity contribution in [2.75, 3.05) is 43.2 Å². The summed E-state index contributed by atoms with van der Waals surface area (Å²) in [7, 11) is 2.07. The molecule has 1 aromatic carbocycles. The van der Waals surface area contributed by atoms with Gasteiger partial charge in [0.25, 0.3) is 0 Å². The average molecular weight is 316 g/mol. The summed E-state index contributed by atoms with van der Waals surface area (Å²) in [4.78, 5) is 14.1. The minimum Gasteiger partial charge on any atom is -0.399 e. The van der Waals surface area contributed by atoms with E-state index in [-0.39, 0.29) is 5.91 Å². The first-order valence-electron chi connectivity index (χ1n) is 6.55. The maximum Gasteiger partial charge on any atom is 0.224 e. The van der Waals surface area contributed by atoms with Crippen LogP contribution in [0.4, 0.5) is 11.4 Å². The first-order chi connectivity index (χ1) is 9.52. The van der Waals surface area contributed by atoms with Crippen molar-refractivity contribution < 1.29 is 4.79 Å². The van der Waals surface area contributed by atoms with Crippen molar-refractivity contribution in [3.63, 3.8) is 0 Å². The van der Waals surface area contributed by atoms with Crippen LogP contribution in [-0.4, -0.2) is 43.0 Å². The van der Waals surface area contributed by atoms with Gasteiger partial charge in [0.15, 0.2) is 0 Å². The topological polar surface area (TPSA) is 58.4 Å². The summed E-state index contributed by atoms with van der Waals surface area (Å²) in [6, 6.07) is 5.07. The van der Waals surface area contributed by atoms with E-state index in [1.165, 1.54) is 0 Å². The zero-order valence-electron chi connectivity index (χ0n) is 12.0. The highest BCUT2D eigenvalue weighted by Crippen LogP contribution is 2.24. The van der Waals surface area contributed by atoms with Gasteiger partial charge in [0, 0.05) is 24.4 Å². The highest BCUT2D eigenvalue weighted by Gasteiger charge is 2.07. The van der Waals surface area contributed by atoms with Gasteiger partial charge in [0.1, 0.15) is 0 Å². The number of carbonyl (C=O) groups is 1. The Balaban J connectivity index is 2.30. The van der Waals surface area contributed by atoms with Gasteiger partial charge in [-0.05, 0) is 44.5 Å². The fraction of sp³-hybridized carbons (Fsp3) is 0.500. The van der Waals surface area contributed by atoms with E-state index >= 15 is 0 Å². The standard InChI is InChI=1S/C14H22ClN3OS/c1-18(8-9-20-2)7-3-4-14(19)17-13-6-5-11(16)10-12(13)15/h5-6,10H,3-4,7-9,16H2,1-2H3,(H,17,19). The lowest BCUT2D eigenvalue weighted by Gasteiger charge is -2.15. The van der Waals surface area contributed by atoms with E-state index in [2.05, 4.69) is 23.5 Å². The van der Waals surface area contributed by atoms with Crippen molar-refractivity contribution in [3.05, 3.63) is 23.2 Å². The number of amides is 1. The summed E-state index contributed by atoms with van der Waals surface area (Å²) in [5.74, 6) is 1.10. The molecule has 0 unspecified atom stereocenters. The van der Waals surface area contributed by atoms with Gasteiger partial charge in [0.2, 0.25) is 5.91 Å². The Hall–Kier alpha value is -0.910. The van der Waals surface area contributed by atoms with Crippen LogP contribution in [0.1, 0.15) is 12.8 Å². The molecule has 0 aliphatic rings. The average Bonchev–Trinajstić information content (AvgIpc) is 2.39. The highest BCUT2D eigenvalue weighted by molar-refractivity contribution is 7.98. The Bertz CT molecular complexity index is 442. The smallest absolute Gasteiger partial charge is 0.224 e. The van der Waals surface area contributed by atoms with E-state index in [0.29, 0.717) is 22.8 Å². The monoisotopic (exact) mass is 315 g/mol. The van der Waals surface area contributed by atoms with Gasteiger partial charge in [-0.2, -0.15) is 11.8 Å². The first-order valence-corrected chi connectivity index (χ1v) is 8.32. The molecule has 112 valence electrons. The number of thioether (sulfide) groups is 1. The largest absolute Gasteiger partial charge is 0.399 e. The lowest BCUT2D eigenvalue weighted by Crippen LogP contribution is -2.23. The maximum atomic E-state index is 11.8. The van der Waals surface area contributed by atoms with Crippen LogP contribution >= 0.6 is 23.4 Å². The number of nitrogens with zero attached hydrogens (tertiary/aromatic N) is 1. The van der Waals surface area contributed by atoms with Crippen molar-refractivity contribution in [1.82, 2.24) is 4.90 Å².